The van der Waals surface area contributed by atoms with Crippen LogP contribution < -0.4 is 10.6 Å². The molecule has 7 heteroatoms. The first-order valence-corrected chi connectivity index (χ1v) is 11.2. The molecule has 0 bridgehead atoms. The molecule has 1 saturated carbocycles. The van der Waals surface area contributed by atoms with E-state index in [4.69, 9.17) is 18.9 Å². The molecule has 2 heterocycles. The molecule has 7 nitrogen and oxygen atoms in total. The Kier molecular flexibility index (Phi) is 9.31. The number of furan rings is 1. The molecule has 1 aliphatic heterocycles. The zero-order valence-electron chi connectivity index (χ0n) is 18.1. The second-order valence-corrected chi connectivity index (χ2v) is 8.24. The van der Waals surface area contributed by atoms with E-state index in [1.165, 1.54) is 0 Å². The molecule has 0 aromatic carbocycles. The molecule has 1 aliphatic carbocycles. The number of hydrogen-bond donors (Lipinski definition) is 2. The Balaban J connectivity index is 1.45. The van der Waals surface area contributed by atoms with E-state index in [0.29, 0.717) is 18.2 Å². The average molecular weight is 407 g/mol. The van der Waals surface area contributed by atoms with Crippen molar-refractivity contribution in [1.82, 2.24) is 15.5 Å². The first-order valence-electron chi connectivity index (χ1n) is 11.2. The van der Waals surface area contributed by atoms with Gasteiger partial charge in [-0.05, 0) is 51.7 Å². The van der Waals surface area contributed by atoms with Crippen molar-refractivity contribution in [3.63, 3.8) is 0 Å². The van der Waals surface area contributed by atoms with Crippen molar-refractivity contribution < 1.29 is 13.9 Å². The standard InChI is InChI=1S/C22H38N4O3/c1-18(2)29-21-7-5-19(6-8-21)25-22(23-10-9-20-4-3-15-28-20)24-11-12-26-13-16-27-17-14-26/h3-4,15,18-19,21H,5-14,16-17H2,1-2H3,(H2,23,24,25). The topological polar surface area (TPSA) is 71.3 Å². The van der Waals surface area contributed by atoms with Gasteiger partial charge in [0.15, 0.2) is 5.96 Å². The van der Waals surface area contributed by atoms with Gasteiger partial charge >= 0.3 is 0 Å². The number of nitrogens with one attached hydrogen (secondary N) is 2. The maximum absolute atomic E-state index is 5.98. The zero-order chi connectivity index (χ0) is 20.3. The molecule has 0 atom stereocenters. The number of hydrogen-bond acceptors (Lipinski definition) is 5. The molecule has 164 valence electrons. The third kappa shape index (κ3) is 8.36. The van der Waals surface area contributed by atoms with Gasteiger partial charge in [0.05, 0.1) is 38.2 Å². The van der Waals surface area contributed by atoms with E-state index < -0.39 is 0 Å². The second-order valence-electron chi connectivity index (χ2n) is 8.24. The Morgan fingerprint density at radius 3 is 2.72 bits per heavy atom. The van der Waals surface area contributed by atoms with E-state index in [1.54, 1.807) is 6.26 Å². The minimum absolute atomic E-state index is 0.310. The highest BCUT2D eigenvalue weighted by molar-refractivity contribution is 5.80. The summed E-state index contributed by atoms with van der Waals surface area (Å²) in [5.74, 6) is 1.91. The molecule has 2 fully saturated rings. The molecule has 0 amide bonds. The van der Waals surface area contributed by atoms with Crippen LogP contribution in [0.3, 0.4) is 0 Å². The first kappa shape index (κ1) is 22.1. The van der Waals surface area contributed by atoms with E-state index in [9.17, 15) is 0 Å². The molecule has 3 rings (SSSR count). The summed E-state index contributed by atoms with van der Waals surface area (Å²) in [4.78, 5) is 7.27. The predicted octanol–water partition coefficient (Wildman–Crippen LogP) is 2.43. The normalized spacial score (nSPS) is 24.0. The lowest BCUT2D eigenvalue weighted by molar-refractivity contribution is -0.0152. The summed E-state index contributed by atoms with van der Waals surface area (Å²) in [6.45, 7) is 10.5. The fourth-order valence-corrected chi connectivity index (χ4v) is 3.96. The molecule has 0 unspecified atom stereocenters. The van der Waals surface area contributed by atoms with E-state index in [1.807, 2.05) is 12.1 Å². The van der Waals surface area contributed by atoms with Gasteiger partial charge in [0.2, 0.25) is 0 Å². The smallest absolute Gasteiger partial charge is 0.191 e. The van der Waals surface area contributed by atoms with Crippen molar-refractivity contribution in [2.24, 2.45) is 4.99 Å². The molecule has 2 aliphatic rings. The van der Waals surface area contributed by atoms with Crippen LogP contribution >= 0.6 is 0 Å². The summed E-state index contributed by atoms with van der Waals surface area (Å²) in [7, 11) is 0. The van der Waals surface area contributed by atoms with Gasteiger partial charge < -0.3 is 24.5 Å². The Labute approximate surface area is 175 Å². The Morgan fingerprint density at radius 2 is 2.03 bits per heavy atom. The van der Waals surface area contributed by atoms with Crippen LogP contribution in [0.2, 0.25) is 0 Å². The van der Waals surface area contributed by atoms with Crippen LogP contribution in [-0.2, 0) is 15.9 Å². The highest BCUT2D eigenvalue weighted by Crippen LogP contribution is 2.22. The van der Waals surface area contributed by atoms with Crippen molar-refractivity contribution in [1.29, 1.82) is 0 Å². The number of nitrogens with zero attached hydrogens (tertiary/aromatic N) is 2. The van der Waals surface area contributed by atoms with Gasteiger partial charge in [-0.1, -0.05) is 0 Å². The highest BCUT2D eigenvalue weighted by Gasteiger charge is 2.23. The monoisotopic (exact) mass is 406 g/mol. The SMILES string of the molecule is CC(C)OC1CCC(NC(=NCCN2CCOCC2)NCCc2ccco2)CC1. The van der Waals surface area contributed by atoms with E-state index in [-0.39, 0.29) is 0 Å². The largest absolute Gasteiger partial charge is 0.469 e. The molecule has 29 heavy (non-hydrogen) atoms. The number of aliphatic imine (C=N–C) groups is 1. The second kappa shape index (κ2) is 12.2. The van der Waals surface area contributed by atoms with Crippen LogP contribution in [0.25, 0.3) is 0 Å². The van der Waals surface area contributed by atoms with Crippen LogP contribution in [0.5, 0.6) is 0 Å². The zero-order valence-corrected chi connectivity index (χ0v) is 18.1. The predicted molar refractivity (Wildman–Crippen MR) is 115 cm³/mol. The van der Waals surface area contributed by atoms with Crippen LogP contribution in [-0.4, -0.2) is 75.0 Å². The molecular weight excluding hydrogens is 368 g/mol. The Morgan fingerprint density at radius 1 is 1.24 bits per heavy atom. The van der Waals surface area contributed by atoms with Gasteiger partial charge in [-0.15, -0.1) is 0 Å². The van der Waals surface area contributed by atoms with Gasteiger partial charge in [-0.3, -0.25) is 9.89 Å². The molecule has 1 aromatic rings. The summed E-state index contributed by atoms with van der Waals surface area (Å²) < 4.78 is 16.8. The van der Waals surface area contributed by atoms with Gasteiger partial charge in [0.25, 0.3) is 0 Å². The molecule has 0 radical (unpaired) electrons. The maximum Gasteiger partial charge on any atom is 0.191 e. The van der Waals surface area contributed by atoms with E-state index in [0.717, 1.165) is 89.8 Å². The summed E-state index contributed by atoms with van der Waals surface area (Å²) >= 11 is 0. The quantitative estimate of drug-likeness (QED) is 0.485. The summed E-state index contributed by atoms with van der Waals surface area (Å²) in [6, 6.07) is 4.41. The van der Waals surface area contributed by atoms with Gasteiger partial charge in [-0.2, -0.15) is 0 Å². The van der Waals surface area contributed by atoms with E-state index in [2.05, 4.69) is 29.4 Å². The average Bonchev–Trinajstić information content (AvgIpc) is 3.23. The number of guanidine groups is 1. The van der Waals surface area contributed by atoms with Crippen LogP contribution in [0.15, 0.2) is 27.8 Å². The van der Waals surface area contributed by atoms with Crippen LogP contribution in [0, 0.1) is 0 Å². The first-order chi connectivity index (χ1) is 14.2. The highest BCUT2D eigenvalue weighted by atomic mass is 16.5. The number of morpholine rings is 1. The Bertz CT molecular complexity index is 577. The fraction of sp³-hybridized carbons (Fsp3) is 0.773. The fourth-order valence-electron chi connectivity index (χ4n) is 3.96. The van der Waals surface area contributed by atoms with Gasteiger partial charge in [-0.25, -0.2) is 0 Å². The van der Waals surface area contributed by atoms with Crippen molar-refractivity contribution in [2.75, 3.05) is 45.9 Å². The van der Waals surface area contributed by atoms with Crippen molar-refractivity contribution in [3.05, 3.63) is 24.2 Å². The minimum Gasteiger partial charge on any atom is -0.469 e. The van der Waals surface area contributed by atoms with Crippen LogP contribution in [0.1, 0.15) is 45.3 Å². The lowest BCUT2D eigenvalue weighted by Crippen LogP contribution is -2.46. The number of rotatable bonds is 9. The molecule has 2 N–H and O–H groups in total. The number of ether oxygens (including phenoxy) is 2. The minimum atomic E-state index is 0.310. The maximum atomic E-state index is 5.98. The molecule has 0 spiro atoms. The van der Waals surface area contributed by atoms with Crippen molar-refractivity contribution >= 4 is 5.96 Å². The van der Waals surface area contributed by atoms with Crippen molar-refractivity contribution in [2.45, 2.75) is 64.2 Å². The Hall–Kier alpha value is -1.57. The third-order valence-corrected chi connectivity index (χ3v) is 5.51. The van der Waals surface area contributed by atoms with Gasteiger partial charge in [0, 0.05) is 38.6 Å². The van der Waals surface area contributed by atoms with Gasteiger partial charge in [0.1, 0.15) is 5.76 Å². The van der Waals surface area contributed by atoms with Crippen molar-refractivity contribution in [3.8, 4) is 0 Å². The lowest BCUT2D eigenvalue weighted by atomic mass is 9.93. The van der Waals surface area contributed by atoms with E-state index >= 15 is 0 Å². The summed E-state index contributed by atoms with van der Waals surface area (Å²) in [5, 5.41) is 7.15. The lowest BCUT2D eigenvalue weighted by Gasteiger charge is -2.31. The molecule has 1 saturated heterocycles. The third-order valence-electron chi connectivity index (χ3n) is 5.51. The van der Waals surface area contributed by atoms with Crippen LogP contribution in [0.4, 0.5) is 0 Å². The molecule has 1 aromatic heterocycles. The molecular formula is C22H38N4O3. The summed E-state index contributed by atoms with van der Waals surface area (Å²) in [5.41, 5.74) is 0. The summed E-state index contributed by atoms with van der Waals surface area (Å²) in [6.07, 6.45) is 7.77.